The molecule has 1 aromatic carbocycles. The van der Waals surface area contributed by atoms with Gasteiger partial charge in [-0.15, -0.1) is 0 Å². The number of ether oxygens (including phenoxy) is 2. The van der Waals surface area contributed by atoms with E-state index in [4.69, 9.17) is 13.6 Å². The van der Waals surface area contributed by atoms with Gasteiger partial charge in [-0.3, -0.25) is 0 Å². The van der Waals surface area contributed by atoms with Crippen LogP contribution in [0.25, 0.3) is 0 Å². The number of hydrogen-bond acceptors (Lipinski definition) is 3. The molecule has 0 aliphatic heterocycles. The molecule has 0 spiro atoms. The van der Waals surface area contributed by atoms with E-state index in [1.807, 2.05) is 44.2 Å². The first-order valence-electron chi connectivity index (χ1n) is 8.07. The Hall–Kier alpha value is -0.900. The normalized spacial score (nSPS) is 19.3. The molecule has 3 nitrogen and oxygen atoms in total. The molecule has 1 N–H and O–H groups in total. The zero-order chi connectivity index (χ0) is 16.8. The molecular formula is C16H26O3. The van der Waals surface area contributed by atoms with E-state index >= 15 is 0 Å². The maximum Gasteiger partial charge on any atom is 0.147 e. The maximum atomic E-state index is 9.33. The van der Waals surface area contributed by atoms with Gasteiger partial charge in [-0.2, -0.15) is 0 Å². The predicted molar refractivity (Wildman–Crippen MR) is 76.7 cm³/mol. The molecular weight excluding hydrogens is 240 g/mol. The highest BCUT2D eigenvalue weighted by atomic mass is 16.7. The molecule has 3 heteroatoms. The van der Waals surface area contributed by atoms with Crippen LogP contribution in [0.5, 0.6) is 0 Å². The van der Waals surface area contributed by atoms with Gasteiger partial charge in [0, 0.05) is 7.93 Å². The summed E-state index contributed by atoms with van der Waals surface area (Å²) in [4.78, 5) is 0. The smallest absolute Gasteiger partial charge is 0.147 e. The van der Waals surface area contributed by atoms with Gasteiger partial charge in [-0.05, 0) is 23.8 Å². The zero-order valence-electron chi connectivity index (χ0n) is 14.9. The Morgan fingerprint density at radius 1 is 1.26 bits per heavy atom. The number of aliphatic hydroxyl groups is 1. The second-order valence-corrected chi connectivity index (χ2v) is 4.96. The third-order valence-electron chi connectivity index (χ3n) is 2.89. The van der Waals surface area contributed by atoms with Gasteiger partial charge in [0.1, 0.15) is 6.79 Å². The second-order valence-electron chi connectivity index (χ2n) is 4.96. The van der Waals surface area contributed by atoms with Crippen molar-refractivity contribution in [2.75, 3.05) is 13.4 Å². The summed E-state index contributed by atoms with van der Waals surface area (Å²) in [6.45, 7) is 3.44. The average Bonchev–Trinajstić information content (AvgIpc) is 2.36. The van der Waals surface area contributed by atoms with Gasteiger partial charge in [0.05, 0.1) is 15.5 Å². The van der Waals surface area contributed by atoms with E-state index in [2.05, 4.69) is 0 Å². The van der Waals surface area contributed by atoms with Crippen LogP contribution < -0.4 is 0 Å². The van der Waals surface area contributed by atoms with Crippen LogP contribution in [0.3, 0.4) is 0 Å². The monoisotopic (exact) mass is 269 g/mol. The Morgan fingerprint density at radius 2 is 1.95 bits per heavy atom. The number of hydrogen-bond donors (Lipinski definition) is 1. The van der Waals surface area contributed by atoms with Gasteiger partial charge in [0.15, 0.2) is 0 Å². The van der Waals surface area contributed by atoms with Crippen molar-refractivity contribution in [1.82, 2.24) is 0 Å². The van der Waals surface area contributed by atoms with Crippen molar-refractivity contribution in [3.63, 3.8) is 0 Å². The van der Waals surface area contributed by atoms with Gasteiger partial charge in [-0.25, -0.2) is 0 Å². The van der Waals surface area contributed by atoms with Crippen molar-refractivity contribution in [2.24, 2.45) is 11.8 Å². The van der Waals surface area contributed by atoms with E-state index in [1.54, 1.807) is 6.92 Å². The Bertz CT molecular complexity index is 430. The van der Waals surface area contributed by atoms with E-state index < -0.39 is 18.6 Å². The lowest BCUT2D eigenvalue weighted by Crippen LogP contribution is -2.29. The van der Waals surface area contributed by atoms with Crippen molar-refractivity contribution in [1.29, 1.82) is 0 Å². The summed E-state index contributed by atoms with van der Waals surface area (Å²) in [5, 5.41) is 9.33. The van der Waals surface area contributed by atoms with Crippen molar-refractivity contribution in [3.8, 4) is 0 Å². The summed E-state index contributed by atoms with van der Waals surface area (Å²) < 4.78 is 33.9. The lowest BCUT2D eigenvalue weighted by molar-refractivity contribution is -0.126. The number of benzene rings is 1. The SMILES string of the molecule is [2H]C([2H])(O)C[C@]([2H])(C)[C@H](OCOCc1ccccc1)C(C)C. The van der Waals surface area contributed by atoms with Gasteiger partial charge in [0.25, 0.3) is 0 Å². The lowest BCUT2D eigenvalue weighted by Gasteiger charge is -2.27. The first-order chi connectivity index (χ1) is 10.1. The third kappa shape index (κ3) is 6.19. The summed E-state index contributed by atoms with van der Waals surface area (Å²) in [7, 11) is 0. The Balaban J connectivity index is 2.50. The van der Waals surface area contributed by atoms with Crippen LogP contribution in [0.2, 0.25) is 0 Å². The Morgan fingerprint density at radius 3 is 2.53 bits per heavy atom. The van der Waals surface area contributed by atoms with E-state index in [-0.39, 0.29) is 19.1 Å². The molecule has 0 saturated heterocycles. The molecule has 0 heterocycles. The van der Waals surface area contributed by atoms with Gasteiger partial charge in [-0.1, -0.05) is 51.1 Å². The highest BCUT2D eigenvalue weighted by molar-refractivity contribution is 5.13. The van der Waals surface area contributed by atoms with E-state index in [0.29, 0.717) is 6.61 Å². The van der Waals surface area contributed by atoms with Crippen molar-refractivity contribution in [3.05, 3.63) is 35.9 Å². The minimum absolute atomic E-state index is 0.00479. The summed E-state index contributed by atoms with van der Waals surface area (Å²) >= 11 is 0. The molecule has 108 valence electrons. The zero-order valence-corrected chi connectivity index (χ0v) is 11.9. The minimum atomic E-state index is -2.39. The largest absolute Gasteiger partial charge is 0.396 e. The molecule has 19 heavy (non-hydrogen) atoms. The lowest BCUT2D eigenvalue weighted by atomic mass is 9.92. The molecule has 0 aromatic heterocycles. The van der Waals surface area contributed by atoms with Gasteiger partial charge in [0.2, 0.25) is 0 Å². The molecule has 0 bridgehead atoms. The highest BCUT2D eigenvalue weighted by Crippen LogP contribution is 2.19. The predicted octanol–water partition coefficient (Wildman–Crippen LogP) is 3.22. The molecule has 2 atom stereocenters. The summed E-state index contributed by atoms with van der Waals surface area (Å²) in [6, 6.07) is 9.70. The first-order valence-corrected chi connectivity index (χ1v) is 6.57. The fourth-order valence-corrected chi connectivity index (χ4v) is 1.98. The molecule has 0 unspecified atom stereocenters. The molecule has 0 aliphatic rings. The van der Waals surface area contributed by atoms with Crippen molar-refractivity contribution in [2.45, 2.75) is 39.9 Å². The first kappa shape index (κ1) is 11.9. The molecule has 0 saturated carbocycles. The molecule has 0 aliphatic carbocycles. The number of rotatable bonds is 9. The summed E-state index contributed by atoms with van der Waals surface area (Å²) in [5.41, 5.74) is 1.03. The third-order valence-corrected chi connectivity index (χ3v) is 2.89. The molecule has 0 radical (unpaired) electrons. The quantitative estimate of drug-likeness (QED) is 0.552. The van der Waals surface area contributed by atoms with Crippen LogP contribution in [0.1, 0.15) is 36.9 Å². The fourth-order valence-electron chi connectivity index (χ4n) is 1.98. The Kier molecular flexibility index (Phi) is 5.68. The molecule has 1 rings (SSSR count). The fraction of sp³-hybridized carbons (Fsp3) is 0.625. The van der Waals surface area contributed by atoms with Crippen LogP contribution in [0, 0.1) is 11.8 Å². The van der Waals surface area contributed by atoms with Gasteiger partial charge < -0.3 is 14.6 Å². The molecule has 0 fully saturated rings. The van der Waals surface area contributed by atoms with Crippen LogP contribution in [-0.4, -0.2) is 24.6 Å². The highest BCUT2D eigenvalue weighted by Gasteiger charge is 2.21. The van der Waals surface area contributed by atoms with Crippen molar-refractivity contribution >= 4 is 0 Å². The maximum absolute atomic E-state index is 9.33. The van der Waals surface area contributed by atoms with Crippen LogP contribution in [-0.2, 0) is 16.1 Å². The second kappa shape index (κ2) is 9.08. The molecule has 0 amide bonds. The summed E-state index contributed by atoms with van der Waals surface area (Å²) in [6.07, 6.45) is -0.855. The van der Waals surface area contributed by atoms with Crippen LogP contribution in [0.15, 0.2) is 30.3 Å². The van der Waals surface area contributed by atoms with E-state index in [1.165, 1.54) is 0 Å². The van der Waals surface area contributed by atoms with Crippen LogP contribution >= 0.6 is 0 Å². The minimum Gasteiger partial charge on any atom is -0.396 e. The standard InChI is InChI=1S/C16H26O3/c1-13(2)16(14(3)9-10-17)19-12-18-11-15-7-5-4-6-8-15/h4-8,13-14,16-17H,9-12H2,1-3H3/t14-,16+/m0/s1/i10D2,14D. The topological polar surface area (TPSA) is 38.7 Å². The van der Waals surface area contributed by atoms with E-state index in [0.717, 1.165) is 5.56 Å². The average molecular weight is 269 g/mol. The van der Waals surface area contributed by atoms with Crippen LogP contribution in [0.4, 0.5) is 0 Å². The Labute approximate surface area is 120 Å². The van der Waals surface area contributed by atoms with Crippen molar-refractivity contribution < 1.29 is 18.7 Å². The van der Waals surface area contributed by atoms with E-state index in [9.17, 15) is 5.11 Å². The van der Waals surface area contributed by atoms with Gasteiger partial charge >= 0.3 is 0 Å². The molecule has 1 aromatic rings. The summed E-state index contributed by atoms with van der Waals surface area (Å²) in [5.74, 6) is -1.24.